The van der Waals surface area contributed by atoms with Gasteiger partial charge in [0.2, 0.25) is 0 Å². The minimum Gasteiger partial charge on any atom is -0.758 e. The molecular weight excluding hydrogens is 246 g/mol. The van der Waals surface area contributed by atoms with E-state index in [2.05, 4.69) is 32.9 Å². The van der Waals surface area contributed by atoms with Gasteiger partial charge in [-0.25, -0.2) is 0 Å². The quantitative estimate of drug-likeness (QED) is 0.733. The monoisotopic (exact) mass is 268 g/mol. The average Bonchev–Trinajstić information content (AvgIpc) is 2.43. The van der Waals surface area contributed by atoms with E-state index in [1.54, 1.807) is 0 Å². The van der Waals surface area contributed by atoms with E-state index in [0.717, 1.165) is 21.9 Å². The number of nitrogens with zero attached hydrogens (tertiary/aromatic N) is 1. The largest absolute Gasteiger partial charge is 0.758 e. The van der Waals surface area contributed by atoms with Crippen molar-refractivity contribution in [2.24, 2.45) is 0 Å². The van der Waals surface area contributed by atoms with Gasteiger partial charge in [0.1, 0.15) is 0 Å². The highest BCUT2D eigenvalue weighted by molar-refractivity contribution is 5.53. The van der Waals surface area contributed by atoms with Crippen LogP contribution in [-0.2, 0) is 0 Å². The van der Waals surface area contributed by atoms with Gasteiger partial charge in [-0.2, -0.15) is 0 Å². The van der Waals surface area contributed by atoms with Gasteiger partial charge in [-0.15, -0.1) is 0 Å². The Morgan fingerprint density at radius 1 is 0.800 bits per heavy atom. The molecule has 1 atom stereocenters. The summed E-state index contributed by atoms with van der Waals surface area (Å²) < 4.78 is 0. The first-order chi connectivity index (χ1) is 9.40. The van der Waals surface area contributed by atoms with Gasteiger partial charge in [0.25, 0.3) is 0 Å². The average molecular weight is 268 g/mol. The smallest absolute Gasteiger partial charge is 0.0402 e. The van der Waals surface area contributed by atoms with Crippen molar-refractivity contribution in [3.63, 3.8) is 0 Å². The maximum Gasteiger partial charge on any atom is 0.0402 e. The first-order valence-electron chi connectivity index (χ1n) is 7.01. The van der Waals surface area contributed by atoms with Gasteiger partial charge >= 0.3 is 0 Å². The number of rotatable bonds is 3. The minimum atomic E-state index is -0.184. The molecule has 1 unspecified atom stereocenters. The van der Waals surface area contributed by atoms with Crippen LogP contribution in [-0.4, -0.2) is 0 Å². The number of benzene rings is 2. The van der Waals surface area contributed by atoms with E-state index in [-0.39, 0.29) is 6.04 Å². The molecule has 2 aromatic rings. The van der Waals surface area contributed by atoms with Crippen molar-refractivity contribution in [3.05, 3.63) is 69.4 Å². The molecule has 2 nitrogen and oxygen atoms in total. The Balaban J connectivity index is 2.29. The number of anilines is 1. The van der Waals surface area contributed by atoms with Crippen molar-refractivity contribution in [1.29, 1.82) is 0 Å². The van der Waals surface area contributed by atoms with Crippen molar-refractivity contribution in [1.82, 2.24) is 0 Å². The molecule has 2 heteroatoms. The van der Waals surface area contributed by atoms with E-state index < -0.39 is 0 Å². The van der Waals surface area contributed by atoms with Crippen molar-refractivity contribution < 1.29 is 0 Å². The van der Waals surface area contributed by atoms with Gasteiger partial charge in [0, 0.05) is 11.7 Å². The van der Waals surface area contributed by atoms with Crippen molar-refractivity contribution >= 4 is 5.69 Å². The van der Waals surface area contributed by atoms with Gasteiger partial charge in [0.15, 0.2) is 0 Å². The van der Waals surface area contributed by atoms with Gasteiger partial charge in [0.05, 0.1) is 0 Å². The predicted octanol–water partition coefficient (Wildman–Crippen LogP) is 4.99. The molecule has 2 aromatic carbocycles. The Hall–Kier alpha value is -1.80. The van der Waals surface area contributed by atoms with Gasteiger partial charge in [-0.3, -0.25) is 0 Å². The molecule has 0 N–H and O–H groups in total. The highest BCUT2D eigenvalue weighted by atomic mass is 16.5. The third kappa shape index (κ3) is 2.86. The maximum atomic E-state index is 12.5. The fourth-order valence-corrected chi connectivity index (χ4v) is 2.25. The molecule has 0 spiro atoms. The Kier molecular flexibility index (Phi) is 4.15. The summed E-state index contributed by atoms with van der Waals surface area (Å²) in [5.74, 6) is 0. The Labute approximate surface area is 121 Å². The summed E-state index contributed by atoms with van der Waals surface area (Å²) in [6.07, 6.45) is 0. The van der Waals surface area contributed by atoms with Crippen LogP contribution in [0, 0.1) is 32.9 Å². The standard InChI is InChI=1S/C18H22NO/c1-12-6-8-17(10-14(12)3)16(5)19(20)18-9-7-13(2)15(4)11-18/h6-11,16H,1-5H3/q-1. The SMILES string of the molecule is Cc1ccc(C(C)N([O-])c2ccc(C)c(C)c2)cc1C. The molecule has 0 fully saturated rings. The molecule has 0 aliphatic heterocycles. The fourth-order valence-electron chi connectivity index (χ4n) is 2.25. The zero-order valence-electron chi connectivity index (χ0n) is 12.9. The maximum absolute atomic E-state index is 12.5. The van der Waals surface area contributed by atoms with E-state index in [4.69, 9.17) is 0 Å². The van der Waals surface area contributed by atoms with E-state index in [0.29, 0.717) is 0 Å². The molecular formula is C18H22NO-. The first kappa shape index (κ1) is 14.6. The van der Waals surface area contributed by atoms with E-state index in [1.165, 1.54) is 16.7 Å². The second-order valence-electron chi connectivity index (χ2n) is 5.61. The Morgan fingerprint density at radius 2 is 1.35 bits per heavy atom. The van der Waals surface area contributed by atoms with E-state index in [9.17, 15) is 5.21 Å². The molecule has 20 heavy (non-hydrogen) atoms. The zero-order chi connectivity index (χ0) is 14.9. The van der Waals surface area contributed by atoms with Crippen molar-refractivity contribution in [2.75, 3.05) is 5.06 Å². The van der Waals surface area contributed by atoms with Gasteiger partial charge in [-0.1, -0.05) is 24.3 Å². The highest BCUT2D eigenvalue weighted by Crippen LogP contribution is 2.28. The van der Waals surface area contributed by atoms with Crippen LogP contribution >= 0.6 is 0 Å². The second kappa shape index (κ2) is 5.68. The van der Waals surface area contributed by atoms with E-state index >= 15 is 0 Å². The molecule has 0 amide bonds. The molecule has 0 radical (unpaired) electrons. The third-order valence-corrected chi connectivity index (χ3v) is 4.11. The van der Waals surface area contributed by atoms with E-state index in [1.807, 2.05) is 38.1 Å². The summed E-state index contributed by atoms with van der Waals surface area (Å²) in [7, 11) is 0. The molecule has 0 aliphatic rings. The topological polar surface area (TPSA) is 26.3 Å². The minimum absolute atomic E-state index is 0.184. The molecule has 0 bridgehead atoms. The normalized spacial score (nSPS) is 12.3. The number of aryl methyl sites for hydroxylation is 4. The van der Waals surface area contributed by atoms with Crippen LogP contribution in [0.3, 0.4) is 0 Å². The fraction of sp³-hybridized carbons (Fsp3) is 0.333. The summed E-state index contributed by atoms with van der Waals surface area (Å²) in [6, 6.07) is 11.9. The second-order valence-corrected chi connectivity index (χ2v) is 5.61. The van der Waals surface area contributed by atoms with Crippen LogP contribution in [0.2, 0.25) is 0 Å². The molecule has 0 aliphatic carbocycles. The van der Waals surface area contributed by atoms with Crippen LogP contribution < -0.4 is 5.06 Å². The zero-order valence-corrected chi connectivity index (χ0v) is 12.9. The predicted molar refractivity (Wildman–Crippen MR) is 86.1 cm³/mol. The van der Waals surface area contributed by atoms with Crippen LogP contribution in [0.1, 0.15) is 40.8 Å². The molecule has 0 heterocycles. The van der Waals surface area contributed by atoms with Crippen LogP contribution in [0.15, 0.2) is 36.4 Å². The lowest BCUT2D eigenvalue weighted by atomic mass is 10.0. The molecule has 2 rings (SSSR count). The lowest BCUT2D eigenvalue weighted by Crippen LogP contribution is -2.19. The lowest BCUT2D eigenvalue weighted by molar-refractivity contribution is 0.768. The Bertz CT molecular complexity index is 563. The van der Waals surface area contributed by atoms with Crippen molar-refractivity contribution in [2.45, 2.75) is 40.7 Å². The highest BCUT2D eigenvalue weighted by Gasteiger charge is 2.10. The number of hydrogen-bond donors (Lipinski definition) is 0. The summed E-state index contributed by atoms with van der Waals surface area (Å²) >= 11 is 0. The molecule has 106 valence electrons. The molecule has 0 saturated carbocycles. The first-order valence-corrected chi connectivity index (χ1v) is 7.01. The van der Waals surface area contributed by atoms with Crippen LogP contribution in [0.25, 0.3) is 0 Å². The molecule has 0 aromatic heterocycles. The van der Waals surface area contributed by atoms with Crippen LogP contribution in [0.5, 0.6) is 0 Å². The third-order valence-electron chi connectivity index (χ3n) is 4.11. The summed E-state index contributed by atoms with van der Waals surface area (Å²) in [5.41, 5.74) is 6.61. The summed E-state index contributed by atoms with van der Waals surface area (Å²) in [5, 5.41) is 13.6. The summed E-state index contributed by atoms with van der Waals surface area (Å²) in [4.78, 5) is 0. The summed E-state index contributed by atoms with van der Waals surface area (Å²) in [6.45, 7) is 10.2. The lowest BCUT2D eigenvalue weighted by Gasteiger charge is -2.38. The van der Waals surface area contributed by atoms with Gasteiger partial charge < -0.3 is 10.3 Å². The van der Waals surface area contributed by atoms with Gasteiger partial charge in [-0.05, 0) is 74.6 Å². The molecule has 0 saturated heterocycles. The van der Waals surface area contributed by atoms with Crippen molar-refractivity contribution in [3.8, 4) is 0 Å². The Morgan fingerprint density at radius 3 is 1.90 bits per heavy atom. The number of hydrogen-bond acceptors (Lipinski definition) is 2. The van der Waals surface area contributed by atoms with Crippen LogP contribution in [0.4, 0.5) is 5.69 Å². The number of hydroxylamine groups is 1.